The average molecular weight is 439 g/mol. The molecule has 31 heavy (non-hydrogen) atoms. The van der Waals surface area contributed by atoms with Crippen molar-refractivity contribution < 1.29 is 19.1 Å². The molecule has 1 aliphatic rings. The van der Waals surface area contributed by atoms with Crippen molar-refractivity contribution in [3.8, 4) is 5.75 Å². The van der Waals surface area contributed by atoms with Crippen molar-refractivity contribution in [3.63, 3.8) is 0 Å². The second kappa shape index (κ2) is 9.83. The van der Waals surface area contributed by atoms with E-state index in [1.807, 2.05) is 64.1 Å². The first-order chi connectivity index (χ1) is 14.8. The van der Waals surface area contributed by atoms with E-state index in [2.05, 4.69) is 5.32 Å². The zero-order valence-corrected chi connectivity index (χ0v) is 18.9. The van der Waals surface area contributed by atoms with Gasteiger partial charge >= 0.3 is 0 Å². The first-order valence-corrected chi connectivity index (χ1v) is 11.0. The Morgan fingerprint density at radius 1 is 1.16 bits per heavy atom. The molecule has 3 amide bonds. The van der Waals surface area contributed by atoms with Crippen molar-refractivity contribution in [1.82, 2.24) is 4.90 Å². The van der Waals surface area contributed by atoms with Gasteiger partial charge in [0.05, 0.1) is 11.0 Å². The quantitative estimate of drug-likeness (QED) is 0.605. The van der Waals surface area contributed by atoms with Crippen LogP contribution in [0.4, 0.5) is 10.5 Å². The van der Waals surface area contributed by atoms with Crippen molar-refractivity contribution in [1.29, 1.82) is 0 Å². The van der Waals surface area contributed by atoms with E-state index in [1.54, 1.807) is 12.1 Å². The number of nitrogens with zero attached hydrogens (tertiary/aromatic N) is 1. The van der Waals surface area contributed by atoms with Crippen LogP contribution in [-0.4, -0.2) is 34.6 Å². The van der Waals surface area contributed by atoms with Crippen molar-refractivity contribution >= 4 is 40.6 Å². The highest BCUT2D eigenvalue weighted by Crippen LogP contribution is 2.34. The van der Waals surface area contributed by atoms with Crippen LogP contribution in [0.5, 0.6) is 5.75 Å². The van der Waals surface area contributed by atoms with Gasteiger partial charge in [0.2, 0.25) is 5.91 Å². The lowest BCUT2D eigenvalue weighted by molar-refractivity contribution is -0.127. The summed E-state index contributed by atoms with van der Waals surface area (Å²) in [5.41, 5.74) is 3.38. The van der Waals surface area contributed by atoms with E-state index in [0.717, 1.165) is 34.2 Å². The smallest absolute Gasteiger partial charge is 0.294 e. The van der Waals surface area contributed by atoms with Crippen molar-refractivity contribution in [2.24, 2.45) is 0 Å². The highest BCUT2D eigenvalue weighted by molar-refractivity contribution is 8.18. The van der Waals surface area contributed by atoms with Gasteiger partial charge in [0.1, 0.15) is 12.3 Å². The molecule has 0 bridgehead atoms. The van der Waals surface area contributed by atoms with Gasteiger partial charge in [0.25, 0.3) is 11.1 Å². The lowest BCUT2D eigenvalue weighted by atomic mass is 10.1. The predicted octanol–water partition coefficient (Wildman–Crippen LogP) is 5.16. The summed E-state index contributed by atoms with van der Waals surface area (Å²) in [6.07, 6.45) is 2.52. The third-order valence-corrected chi connectivity index (χ3v) is 6.07. The number of ether oxygens (including phenoxy) is 1. The Labute approximate surface area is 186 Å². The minimum absolute atomic E-state index is 0.0263. The van der Waals surface area contributed by atoms with E-state index in [0.29, 0.717) is 17.0 Å². The molecule has 1 atom stereocenters. The molecule has 7 heteroatoms. The Bertz CT molecular complexity index is 1050. The number of imide groups is 1. The first kappa shape index (κ1) is 22.6. The third kappa shape index (κ3) is 5.35. The molecule has 0 aliphatic carbocycles. The van der Waals surface area contributed by atoms with E-state index in [1.165, 1.54) is 0 Å². The number of benzene rings is 2. The lowest BCUT2D eigenvalue weighted by Gasteiger charge is -2.15. The lowest BCUT2D eigenvalue weighted by Crippen LogP contribution is -2.36. The van der Waals surface area contributed by atoms with E-state index in [-0.39, 0.29) is 17.6 Å². The largest absolute Gasteiger partial charge is 0.490 e. The molecule has 0 spiro atoms. The van der Waals surface area contributed by atoms with Crippen molar-refractivity contribution in [3.05, 3.63) is 64.1 Å². The minimum Gasteiger partial charge on any atom is -0.490 e. The standard InChI is InChI=1S/C24H26N2O4S/c1-5-16(3)30-20-12-7-6-10-18(20)13-21-23(28)26(24(29)31-21)14-22(27)25-19-11-8-9-15(2)17(19)4/h6-13,16H,5,14H2,1-4H3,(H,25,27)/b21-13+/t16-/m1/s1. The summed E-state index contributed by atoms with van der Waals surface area (Å²) in [6.45, 7) is 7.53. The van der Waals surface area contributed by atoms with Crippen LogP contribution in [0.2, 0.25) is 0 Å². The molecule has 0 radical (unpaired) electrons. The maximum atomic E-state index is 12.8. The van der Waals surface area contributed by atoms with Gasteiger partial charge in [0, 0.05) is 11.3 Å². The number of rotatable bonds is 7. The van der Waals surface area contributed by atoms with Gasteiger partial charge in [-0.25, -0.2) is 0 Å². The first-order valence-electron chi connectivity index (χ1n) is 10.2. The molecule has 1 saturated heterocycles. The number of hydrogen-bond acceptors (Lipinski definition) is 5. The van der Waals surface area contributed by atoms with Crippen LogP contribution < -0.4 is 10.1 Å². The summed E-state index contributed by atoms with van der Waals surface area (Å²) in [4.78, 5) is 39.0. The molecule has 1 heterocycles. The molecule has 2 aromatic rings. The average Bonchev–Trinajstić information content (AvgIpc) is 3.00. The number of nitrogens with one attached hydrogen (secondary N) is 1. The van der Waals surface area contributed by atoms with Crippen LogP contribution in [-0.2, 0) is 9.59 Å². The fraction of sp³-hybridized carbons (Fsp3) is 0.292. The maximum absolute atomic E-state index is 12.8. The molecule has 1 aliphatic heterocycles. The van der Waals surface area contributed by atoms with E-state index >= 15 is 0 Å². The van der Waals surface area contributed by atoms with Crippen LogP contribution in [0.3, 0.4) is 0 Å². The van der Waals surface area contributed by atoms with E-state index < -0.39 is 17.1 Å². The van der Waals surface area contributed by atoms with Crippen LogP contribution in [0, 0.1) is 13.8 Å². The minimum atomic E-state index is -0.482. The number of thioether (sulfide) groups is 1. The van der Waals surface area contributed by atoms with Crippen molar-refractivity contribution in [2.75, 3.05) is 11.9 Å². The summed E-state index contributed by atoms with van der Waals surface area (Å²) >= 11 is 0.827. The van der Waals surface area contributed by atoms with E-state index in [9.17, 15) is 14.4 Å². The van der Waals surface area contributed by atoms with Gasteiger partial charge in [-0.05, 0) is 68.3 Å². The number of aryl methyl sites for hydroxylation is 1. The van der Waals surface area contributed by atoms with Crippen LogP contribution in [0.25, 0.3) is 6.08 Å². The van der Waals surface area contributed by atoms with Gasteiger partial charge in [-0.15, -0.1) is 0 Å². The van der Waals surface area contributed by atoms with Crippen LogP contribution in [0.15, 0.2) is 47.4 Å². The zero-order chi connectivity index (χ0) is 22.5. The monoisotopic (exact) mass is 438 g/mol. The SMILES string of the molecule is CC[C@@H](C)Oc1ccccc1/C=C1/SC(=O)N(CC(=O)Nc2cccc(C)c2C)C1=O. The number of carbonyl (C=O) groups excluding carboxylic acids is 3. The molecule has 0 unspecified atom stereocenters. The predicted molar refractivity (Wildman–Crippen MR) is 124 cm³/mol. The maximum Gasteiger partial charge on any atom is 0.294 e. The zero-order valence-electron chi connectivity index (χ0n) is 18.1. The normalized spacial score (nSPS) is 16.0. The highest BCUT2D eigenvalue weighted by atomic mass is 32.2. The number of para-hydroxylation sites is 1. The Balaban J connectivity index is 1.74. The highest BCUT2D eigenvalue weighted by Gasteiger charge is 2.36. The Hall–Kier alpha value is -3.06. The summed E-state index contributed by atoms with van der Waals surface area (Å²) in [7, 11) is 0. The van der Waals surface area contributed by atoms with Crippen molar-refractivity contribution in [2.45, 2.75) is 40.2 Å². The molecular weight excluding hydrogens is 412 g/mol. The number of anilines is 1. The van der Waals surface area contributed by atoms with Gasteiger partial charge in [-0.1, -0.05) is 37.3 Å². The summed E-state index contributed by atoms with van der Waals surface area (Å²) < 4.78 is 5.92. The summed E-state index contributed by atoms with van der Waals surface area (Å²) in [5, 5.41) is 2.32. The molecule has 0 saturated carbocycles. The van der Waals surface area contributed by atoms with Gasteiger partial charge in [0.15, 0.2) is 0 Å². The third-order valence-electron chi connectivity index (χ3n) is 5.16. The van der Waals surface area contributed by atoms with Gasteiger partial charge < -0.3 is 10.1 Å². The molecule has 162 valence electrons. The number of carbonyl (C=O) groups is 3. The molecule has 6 nitrogen and oxygen atoms in total. The van der Waals surface area contributed by atoms with Crippen LogP contribution >= 0.6 is 11.8 Å². The van der Waals surface area contributed by atoms with Crippen LogP contribution in [0.1, 0.15) is 37.0 Å². The fourth-order valence-electron chi connectivity index (χ4n) is 3.00. The van der Waals surface area contributed by atoms with E-state index in [4.69, 9.17) is 4.74 Å². The molecule has 1 N–H and O–H groups in total. The molecule has 0 aromatic heterocycles. The molecule has 2 aromatic carbocycles. The van der Waals surface area contributed by atoms with Gasteiger partial charge in [-0.2, -0.15) is 0 Å². The Morgan fingerprint density at radius 3 is 2.65 bits per heavy atom. The topological polar surface area (TPSA) is 75.7 Å². The van der Waals surface area contributed by atoms with Gasteiger partial charge in [-0.3, -0.25) is 19.3 Å². The summed E-state index contributed by atoms with van der Waals surface area (Å²) in [5.74, 6) is -0.251. The Kier molecular flexibility index (Phi) is 7.17. The summed E-state index contributed by atoms with van der Waals surface area (Å²) in [6, 6.07) is 13.0. The molecule has 3 rings (SSSR count). The molecule has 1 fully saturated rings. The second-order valence-corrected chi connectivity index (χ2v) is 8.43. The second-order valence-electron chi connectivity index (χ2n) is 7.44. The Morgan fingerprint density at radius 2 is 1.90 bits per heavy atom. The fourth-order valence-corrected chi connectivity index (χ4v) is 3.83. The molecular formula is C24H26N2O4S. The number of hydrogen-bond donors (Lipinski definition) is 1. The number of amides is 3.